The lowest BCUT2D eigenvalue weighted by atomic mass is 9.90. The van der Waals surface area contributed by atoms with Crippen molar-refractivity contribution in [2.24, 2.45) is 5.92 Å². The first kappa shape index (κ1) is 20.3. The summed E-state index contributed by atoms with van der Waals surface area (Å²) >= 11 is 0. The van der Waals surface area contributed by atoms with E-state index in [1.165, 1.54) is 17.5 Å². The molecule has 6 heteroatoms. The molecule has 1 amide bonds. The van der Waals surface area contributed by atoms with Crippen LogP contribution >= 0.6 is 0 Å². The molecule has 0 bridgehead atoms. The maximum absolute atomic E-state index is 13.3. The summed E-state index contributed by atoms with van der Waals surface area (Å²) in [6.07, 6.45) is 6.56. The molecule has 2 heterocycles. The van der Waals surface area contributed by atoms with Crippen molar-refractivity contribution in [2.75, 3.05) is 13.1 Å². The van der Waals surface area contributed by atoms with Crippen LogP contribution in [0.25, 0.3) is 0 Å². The highest BCUT2D eigenvalue weighted by Gasteiger charge is 2.30. The number of aryl methyl sites for hydroxylation is 2. The monoisotopic (exact) mass is 403 g/mol. The lowest BCUT2D eigenvalue weighted by molar-refractivity contribution is -0.136. The van der Waals surface area contributed by atoms with Gasteiger partial charge in [-0.1, -0.05) is 60.2 Å². The van der Waals surface area contributed by atoms with E-state index in [1.54, 1.807) is 11.0 Å². The van der Waals surface area contributed by atoms with Gasteiger partial charge in [0.15, 0.2) is 0 Å². The number of carbonyl (C=O) groups excluding carboxylic acids is 1. The summed E-state index contributed by atoms with van der Waals surface area (Å²) in [4.78, 5) is 15.3. The van der Waals surface area contributed by atoms with Crippen LogP contribution in [0, 0.1) is 12.8 Å². The van der Waals surface area contributed by atoms with E-state index < -0.39 is 6.04 Å². The van der Waals surface area contributed by atoms with Crippen LogP contribution in [0.1, 0.15) is 42.0 Å². The third-order valence-electron chi connectivity index (χ3n) is 6.13. The minimum atomic E-state index is -0.397. The molecule has 0 unspecified atom stereocenters. The van der Waals surface area contributed by atoms with Gasteiger partial charge in [0.1, 0.15) is 12.4 Å². The van der Waals surface area contributed by atoms with Crippen molar-refractivity contribution >= 4 is 5.91 Å². The van der Waals surface area contributed by atoms with Gasteiger partial charge in [0.2, 0.25) is 5.91 Å². The van der Waals surface area contributed by atoms with Crippen LogP contribution in [0.5, 0.6) is 0 Å². The Hall–Kier alpha value is -3.02. The molecule has 0 aliphatic carbocycles. The Morgan fingerprint density at radius 2 is 1.77 bits per heavy atom. The van der Waals surface area contributed by atoms with E-state index in [-0.39, 0.29) is 5.91 Å². The number of carbonyl (C=O) groups is 1. The lowest BCUT2D eigenvalue weighted by Gasteiger charge is -2.34. The molecule has 1 aliphatic rings. The fourth-order valence-corrected chi connectivity index (χ4v) is 4.22. The summed E-state index contributed by atoms with van der Waals surface area (Å²) in [5, 5.41) is 11.5. The first-order valence-corrected chi connectivity index (χ1v) is 10.8. The van der Waals surface area contributed by atoms with Crippen LogP contribution < -0.4 is 0 Å². The van der Waals surface area contributed by atoms with Crippen LogP contribution in [-0.2, 0) is 17.6 Å². The fraction of sp³-hybridized carbons (Fsp3) is 0.417. The third kappa shape index (κ3) is 5.12. The molecule has 1 aromatic heterocycles. The number of amides is 1. The van der Waals surface area contributed by atoms with Gasteiger partial charge in [-0.2, -0.15) is 0 Å². The van der Waals surface area contributed by atoms with Crippen molar-refractivity contribution in [2.45, 2.75) is 45.1 Å². The van der Waals surface area contributed by atoms with Crippen LogP contribution in [0.15, 0.2) is 60.9 Å². The second-order valence-corrected chi connectivity index (χ2v) is 8.29. The Balaban J connectivity index is 1.34. The standard InChI is InChI=1S/C24H29N5O/c1-19-7-9-20(10-8-19)11-12-21-13-15-28(16-14-21)24(30)23(29-18-25-26-27-29)17-22-5-3-2-4-6-22/h2-10,18,21,23H,11-17H2,1H3/t23-/m1/s1. The molecule has 1 aliphatic heterocycles. The molecule has 156 valence electrons. The molecule has 0 spiro atoms. The highest BCUT2D eigenvalue weighted by molar-refractivity contribution is 5.80. The molecule has 4 rings (SSSR count). The third-order valence-corrected chi connectivity index (χ3v) is 6.13. The average Bonchev–Trinajstić information content (AvgIpc) is 3.32. The van der Waals surface area contributed by atoms with Crippen LogP contribution in [-0.4, -0.2) is 44.1 Å². The topological polar surface area (TPSA) is 63.9 Å². The molecule has 6 nitrogen and oxygen atoms in total. The fourth-order valence-electron chi connectivity index (χ4n) is 4.22. The van der Waals surface area contributed by atoms with Gasteiger partial charge in [0.05, 0.1) is 0 Å². The van der Waals surface area contributed by atoms with Crippen molar-refractivity contribution in [3.05, 3.63) is 77.6 Å². The second kappa shape index (κ2) is 9.65. The van der Waals surface area contributed by atoms with Crippen LogP contribution in [0.4, 0.5) is 0 Å². The minimum absolute atomic E-state index is 0.114. The maximum atomic E-state index is 13.3. The normalized spacial score (nSPS) is 15.8. The number of likely N-dealkylation sites (tertiary alicyclic amines) is 1. The summed E-state index contributed by atoms with van der Waals surface area (Å²) < 4.78 is 1.60. The SMILES string of the molecule is Cc1ccc(CCC2CCN(C(=O)[C@@H](Cc3ccccc3)n3cnnn3)CC2)cc1. The van der Waals surface area contributed by atoms with E-state index in [9.17, 15) is 4.79 Å². The highest BCUT2D eigenvalue weighted by Crippen LogP contribution is 2.25. The van der Waals surface area contributed by atoms with Crippen molar-refractivity contribution in [3.63, 3.8) is 0 Å². The van der Waals surface area contributed by atoms with Crippen molar-refractivity contribution < 1.29 is 4.79 Å². The van der Waals surface area contributed by atoms with E-state index in [0.29, 0.717) is 12.3 Å². The zero-order valence-electron chi connectivity index (χ0n) is 17.5. The van der Waals surface area contributed by atoms with Gasteiger partial charge in [-0.3, -0.25) is 4.79 Å². The quantitative estimate of drug-likeness (QED) is 0.604. The molecule has 2 aromatic carbocycles. The average molecular weight is 404 g/mol. The Morgan fingerprint density at radius 3 is 2.43 bits per heavy atom. The van der Waals surface area contributed by atoms with E-state index in [2.05, 4.69) is 46.7 Å². The van der Waals surface area contributed by atoms with Gasteiger partial charge < -0.3 is 4.90 Å². The predicted octanol–water partition coefficient (Wildman–Crippen LogP) is 3.64. The number of hydrogen-bond acceptors (Lipinski definition) is 4. The number of nitrogens with zero attached hydrogens (tertiary/aromatic N) is 5. The summed E-state index contributed by atoms with van der Waals surface area (Å²) in [6.45, 7) is 3.74. The van der Waals surface area contributed by atoms with Crippen molar-refractivity contribution in [1.82, 2.24) is 25.1 Å². The Labute approximate surface area is 177 Å². The molecule has 1 fully saturated rings. The number of tetrazole rings is 1. The molecule has 30 heavy (non-hydrogen) atoms. The number of hydrogen-bond donors (Lipinski definition) is 0. The smallest absolute Gasteiger partial charge is 0.247 e. The molecule has 0 radical (unpaired) electrons. The van der Waals surface area contributed by atoms with Crippen molar-refractivity contribution in [3.8, 4) is 0 Å². The largest absolute Gasteiger partial charge is 0.341 e. The molecule has 1 atom stereocenters. The van der Waals surface area contributed by atoms with E-state index in [4.69, 9.17) is 0 Å². The first-order valence-electron chi connectivity index (χ1n) is 10.8. The van der Waals surface area contributed by atoms with Gasteiger partial charge in [-0.25, -0.2) is 4.68 Å². The highest BCUT2D eigenvalue weighted by atomic mass is 16.2. The lowest BCUT2D eigenvalue weighted by Crippen LogP contribution is -2.43. The van der Waals surface area contributed by atoms with Crippen molar-refractivity contribution in [1.29, 1.82) is 0 Å². The first-order chi connectivity index (χ1) is 14.7. The van der Waals surface area contributed by atoms with Crippen LogP contribution in [0.2, 0.25) is 0 Å². The van der Waals surface area contributed by atoms with E-state index in [0.717, 1.165) is 37.9 Å². The minimum Gasteiger partial charge on any atom is -0.341 e. The molecular formula is C24H29N5O. The van der Waals surface area contributed by atoms with Gasteiger partial charge in [0.25, 0.3) is 0 Å². The van der Waals surface area contributed by atoms with E-state index >= 15 is 0 Å². The summed E-state index contributed by atoms with van der Waals surface area (Å²) in [6, 6.07) is 18.5. The van der Waals surface area contributed by atoms with E-state index in [1.807, 2.05) is 35.2 Å². The number of aromatic nitrogens is 4. The molecular weight excluding hydrogens is 374 g/mol. The summed E-state index contributed by atoms with van der Waals surface area (Å²) in [7, 11) is 0. The second-order valence-electron chi connectivity index (χ2n) is 8.29. The number of rotatable bonds is 7. The number of benzene rings is 2. The summed E-state index contributed by atoms with van der Waals surface area (Å²) in [5.41, 5.74) is 3.82. The maximum Gasteiger partial charge on any atom is 0.247 e. The van der Waals surface area contributed by atoms with Gasteiger partial charge in [-0.15, -0.1) is 5.10 Å². The van der Waals surface area contributed by atoms with Gasteiger partial charge in [-0.05, 0) is 60.1 Å². The molecule has 1 saturated heterocycles. The van der Waals surface area contributed by atoms with Gasteiger partial charge in [0, 0.05) is 19.5 Å². The Morgan fingerprint density at radius 1 is 1.03 bits per heavy atom. The predicted molar refractivity (Wildman–Crippen MR) is 116 cm³/mol. The van der Waals surface area contributed by atoms with Gasteiger partial charge >= 0.3 is 0 Å². The molecule has 3 aromatic rings. The Bertz CT molecular complexity index is 916. The number of piperidine rings is 1. The van der Waals surface area contributed by atoms with Crippen LogP contribution in [0.3, 0.4) is 0 Å². The molecule has 0 N–H and O–H groups in total. The zero-order chi connectivity index (χ0) is 20.8. The summed E-state index contributed by atoms with van der Waals surface area (Å²) in [5.74, 6) is 0.791. The Kier molecular flexibility index (Phi) is 6.52. The molecule has 0 saturated carbocycles. The zero-order valence-corrected chi connectivity index (χ0v) is 17.5.